The standard InChI is InChI=1S/C9H16/c1-7-5-6-9(3,4)8(7)2/h7H,2,5-6H2,1,3-4H3/t7-/m1/s1. The molecule has 0 amide bonds. The van der Waals surface area contributed by atoms with Crippen molar-refractivity contribution in [2.45, 2.75) is 33.6 Å². The van der Waals surface area contributed by atoms with E-state index in [1.165, 1.54) is 18.4 Å². The second kappa shape index (κ2) is 1.86. The number of hydrogen-bond acceptors (Lipinski definition) is 0. The van der Waals surface area contributed by atoms with Crippen LogP contribution >= 0.6 is 0 Å². The lowest BCUT2D eigenvalue weighted by atomic mass is 9.86. The van der Waals surface area contributed by atoms with Crippen LogP contribution in [0.4, 0.5) is 0 Å². The largest absolute Gasteiger partial charge is 0.0991 e. The molecule has 0 aromatic heterocycles. The van der Waals surface area contributed by atoms with Crippen LogP contribution in [0.1, 0.15) is 33.6 Å². The summed E-state index contributed by atoms with van der Waals surface area (Å²) in [7, 11) is 0. The van der Waals surface area contributed by atoms with Crippen molar-refractivity contribution in [3.05, 3.63) is 12.2 Å². The van der Waals surface area contributed by atoms with E-state index in [4.69, 9.17) is 0 Å². The van der Waals surface area contributed by atoms with Gasteiger partial charge in [0.15, 0.2) is 0 Å². The van der Waals surface area contributed by atoms with Gasteiger partial charge in [0, 0.05) is 0 Å². The molecule has 1 atom stereocenters. The van der Waals surface area contributed by atoms with Crippen molar-refractivity contribution in [3.63, 3.8) is 0 Å². The van der Waals surface area contributed by atoms with Crippen LogP contribution in [0.3, 0.4) is 0 Å². The second-order valence-electron chi connectivity index (χ2n) is 3.85. The highest BCUT2D eigenvalue weighted by molar-refractivity contribution is 5.15. The zero-order valence-corrected chi connectivity index (χ0v) is 6.70. The summed E-state index contributed by atoms with van der Waals surface area (Å²) >= 11 is 0. The lowest BCUT2D eigenvalue weighted by molar-refractivity contribution is 0.462. The normalized spacial score (nSPS) is 33.2. The zero-order valence-electron chi connectivity index (χ0n) is 6.70. The van der Waals surface area contributed by atoms with E-state index in [0.29, 0.717) is 5.41 Å². The first-order valence-electron chi connectivity index (χ1n) is 3.73. The molecule has 0 radical (unpaired) electrons. The van der Waals surface area contributed by atoms with Crippen LogP contribution in [-0.4, -0.2) is 0 Å². The quantitative estimate of drug-likeness (QED) is 0.435. The maximum Gasteiger partial charge on any atom is -0.0144 e. The minimum Gasteiger partial charge on any atom is -0.0991 e. The van der Waals surface area contributed by atoms with Crippen molar-refractivity contribution in [2.75, 3.05) is 0 Å². The van der Waals surface area contributed by atoms with Crippen LogP contribution in [0.15, 0.2) is 12.2 Å². The Labute approximate surface area is 58.0 Å². The van der Waals surface area contributed by atoms with E-state index < -0.39 is 0 Å². The lowest BCUT2D eigenvalue weighted by Gasteiger charge is -2.19. The molecule has 0 saturated heterocycles. The molecule has 0 heteroatoms. The van der Waals surface area contributed by atoms with Crippen LogP contribution in [-0.2, 0) is 0 Å². The summed E-state index contributed by atoms with van der Waals surface area (Å²) in [6, 6.07) is 0. The van der Waals surface area contributed by atoms with Gasteiger partial charge in [0.1, 0.15) is 0 Å². The highest BCUT2D eigenvalue weighted by atomic mass is 14.4. The van der Waals surface area contributed by atoms with Crippen molar-refractivity contribution in [2.24, 2.45) is 11.3 Å². The van der Waals surface area contributed by atoms with E-state index in [9.17, 15) is 0 Å². The van der Waals surface area contributed by atoms with Gasteiger partial charge in [0.05, 0.1) is 0 Å². The minimum atomic E-state index is 0.430. The van der Waals surface area contributed by atoms with Gasteiger partial charge in [0.25, 0.3) is 0 Å². The molecule has 0 bridgehead atoms. The number of hydrogen-bond donors (Lipinski definition) is 0. The smallest absolute Gasteiger partial charge is 0.0144 e. The first kappa shape index (κ1) is 6.85. The summed E-state index contributed by atoms with van der Waals surface area (Å²) in [6.45, 7) is 10.9. The molecule has 9 heavy (non-hydrogen) atoms. The Morgan fingerprint density at radius 1 is 1.56 bits per heavy atom. The lowest BCUT2D eigenvalue weighted by Crippen LogP contribution is -2.07. The van der Waals surface area contributed by atoms with Crippen molar-refractivity contribution in [3.8, 4) is 0 Å². The summed E-state index contributed by atoms with van der Waals surface area (Å²) in [6.07, 6.45) is 2.67. The molecule has 1 fully saturated rings. The Morgan fingerprint density at radius 2 is 2.11 bits per heavy atom. The molecule has 0 nitrogen and oxygen atoms in total. The van der Waals surface area contributed by atoms with E-state index in [0.717, 1.165) is 5.92 Å². The molecule has 0 aliphatic heterocycles. The zero-order chi connectivity index (χ0) is 7.07. The van der Waals surface area contributed by atoms with Gasteiger partial charge >= 0.3 is 0 Å². The second-order valence-corrected chi connectivity index (χ2v) is 3.85. The first-order chi connectivity index (χ1) is 4.04. The van der Waals surface area contributed by atoms with Crippen LogP contribution in [0, 0.1) is 11.3 Å². The Balaban J connectivity index is 2.74. The topological polar surface area (TPSA) is 0 Å². The highest BCUT2D eigenvalue weighted by Crippen LogP contribution is 2.44. The maximum absolute atomic E-state index is 4.09. The molecule has 1 saturated carbocycles. The Hall–Kier alpha value is -0.260. The molecule has 0 unspecified atom stereocenters. The third-order valence-corrected chi connectivity index (χ3v) is 2.67. The van der Waals surface area contributed by atoms with E-state index in [2.05, 4.69) is 27.4 Å². The molecule has 1 rings (SSSR count). The van der Waals surface area contributed by atoms with Crippen molar-refractivity contribution >= 4 is 0 Å². The first-order valence-corrected chi connectivity index (χ1v) is 3.73. The van der Waals surface area contributed by atoms with Crippen LogP contribution in [0.2, 0.25) is 0 Å². The van der Waals surface area contributed by atoms with Gasteiger partial charge in [0.2, 0.25) is 0 Å². The predicted molar refractivity (Wildman–Crippen MR) is 41.3 cm³/mol. The van der Waals surface area contributed by atoms with Gasteiger partial charge in [-0.2, -0.15) is 0 Å². The maximum atomic E-state index is 4.09. The van der Waals surface area contributed by atoms with Crippen molar-refractivity contribution in [1.82, 2.24) is 0 Å². The number of allylic oxidation sites excluding steroid dienone is 1. The monoisotopic (exact) mass is 124 g/mol. The molecular weight excluding hydrogens is 108 g/mol. The van der Waals surface area contributed by atoms with Crippen molar-refractivity contribution < 1.29 is 0 Å². The summed E-state index contributed by atoms with van der Waals surface area (Å²) < 4.78 is 0. The summed E-state index contributed by atoms with van der Waals surface area (Å²) in [5, 5.41) is 0. The van der Waals surface area contributed by atoms with E-state index >= 15 is 0 Å². The fourth-order valence-corrected chi connectivity index (χ4v) is 1.58. The van der Waals surface area contributed by atoms with E-state index in [-0.39, 0.29) is 0 Å². The van der Waals surface area contributed by atoms with Crippen LogP contribution < -0.4 is 0 Å². The average molecular weight is 124 g/mol. The molecule has 0 aromatic rings. The summed E-state index contributed by atoms with van der Waals surface area (Å²) in [4.78, 5) is 0. The molecular formula is C9H16. The van der Waals surface area contributed by atoms with Crippen LogP contribution in [0.5, 0.6) is 0 Å². The fourth-order valence-electron chi connectivity index (χ4n) is 1.58. The van der Waals surface area contributed by atoms with Gasteiger partial charge in [-0.25, -0.2) is 0 Å². The molecule has 1 aliphatic rings. The van der Waals surface area contributed by atoms with E-state index in [1.807, 2.05) is 0 Å². The Bertz CT molecular complexity index is 131. The third-order valence-electron chi connectivity index (χ3n) is 2.67. The molecule has 0 N–H and O–H groups in total. The highest BCUT2D eigenvalue weighted by Gasteiger charge is 2.31. The third kappa shape index (κ3) is 1.03. The fraction of sp³-hybridized carbons (Fsp3) is 0.778. The molecule has 1 aliphatic carbocycles. The van der Waals surface area contributed by atoms with Gasteiger partial charge < -0.3 is 0 Å². The van der Waals surface area contributed by atoms with Crippen LogP contribution in [0.25, 0.3) is 0 Å². The van der Waals surface area contributed by atoms with Gasteiger partial charge in [-0.1, -0.05) is 32.9 Å². The summed E-state index contributed by atoms with van der Waals surface area (Å²) in [5.74, 6) is 0.764. The molecule has 0 heterocycles. The van der Waals surface area contributed by atoms with Gasteiger partial charge in [-0.3, -0.25) is 0 Å². The molecule has 0 aromatic carbocycles. The minimum absolute atomic E-state index is 0.430. The summed E-state index contributed by atoms with van der Waals surface area (Å²) in [5.41, 5.74) is 1.88. The molecule has 52 valence electrons. The van der Waals surface area contributed by atoms with Gasteiger partial charge in [-0.15, -0.1) is 0 Å². The van der Waals surface area contributed by atoms with E-state index in [1.54, 1.807) is 0 Å². The SMILES string of the molecule is C=C1[C@H](C)CCC1(C)C. The Morgan fingerprint density at radius 3 is 2.22 bits per heavy atom. The van der Waals surface area contributed by atoms with Gasteiger partial charge in [-0.05, 0) is 24.2 Å². The number of rotatable bonds is 0. The Kier molecular flexibility index (Phi) is 1.42. The average Bonchev–Trinajstić information content (AvgIpc) is 1.97. The van der Waals surface area contributed by atoms with Crippen molar-refractivity contribution in [1.29, 1.82) is 0 Å². The predicted octanol–water partition coefficient (Wildman–Crippen LogP) is 3.00. The molecule has 0 spiro atoms.